The number of rotatable bonds is 6. The Kier molecular flexibility index (Phi) is 6.51. The number of nitrogens with zero attached hydrogens (tertiary/aromatic N) is 1. The highest BCUT2D eigenvalue weighted by Crippen LogP contribution is 2.28. The Morgan fingerprint density at radius 3 is 2.45 bits per heavy atom. The number of carbonyl (C=O) groups excluding carboxylic acids is 1. The Balaban J connectivity index is 2.09. The van der Waals surface area contributed by atoms with Gasteiger partial charge in [-0.25, -0.2) is 4.39 Å². The van der Waals surface area contributed by atoms with E-state index in [0.717, 1.165) is 50.4 Å². The molecule has 1 fully saturated rings. The Labute approximate surface area is 174 Å². The molecule has 7 nitrogen and oxygen atoms in total. The van der Waals surface area contributed by atoms with Crippen LogP contribution in [0.5, 0.6) is 0 Å². The molecule has 0 unspecified atom stereocenters. The summed E-state index contributed by atoms with van der Waals surface area (Å²) in [6.45, 7) is -2.34. The van der Waals surface area contributed by atoms with Gasteiger partial charge in [0.2, 0.25) is 5.43 Å². The minimum atomic E-state index is -4.68. The van der Waals surface area contributed by atoms with Crippen molar-refractivity contribution in [1.82, 2.24) is 9.88 Å². The minimum Gasteiger partial charge on any atom is -0.480 e. The molecular formula is C20H21F4N3O4. The van der Waals surface area contributed by atoms with E-state index in [-0.39, 0.29) is 17.2 Å². The van der Waals surface area contributed by atoms with Crippen molar-refractivity contribution in [3.05, 3.63) is 39.9 Å². The maximum atomic E-state index is 14.7. The van der Waals surface area contributed by atoms with Crippen LogP contribution in [0.2, 0.25) is 0 Å². The average molecular weight is 443 g/mol. The number of fused-ring (bicyclic) bond motifs is 1. The number of carboxylic acids is 1. The van der Waals surface area contributed by atoms with Gasteiger partial charge in [-0.15, -0.1) is 0 Å². The standard InChI is InChI=1S/C20H21F4N3O4/c21-14-6-12-16(7-15(14)26-11-4-2-1-3-5-11)27(10-20(22,23)24)9-13(18(12)30)19(31)25-8-17(28)29/h6-7,9,11,26H,1-5,8,10H2,(H,25,31)(H,28,29). The number of aliphatic carboxylic acids is 1. The molecule has 11 heteroatoms. The first kappa shape index (κ1) is 22.6. The third kappa shape index (κ3) is 5.53. The molecule has 1 aliphatic carbocycles. The summed E-state index contributed by atoms with van der Waals surface area (Å²) in [5, 5.41) is 13.2. The van der Waals surface area contributed by atoms with Crippen LogP contribution < -0.4 is 16.1 Å². The Hall–Kier alpha value is -3.11. The molecule has 0 bridgehead atoms. The van der Waals surface area contributed by atoms with Crippen molar-refractivity contribution in [1.29, 1.82) is 0 Å². The fourth-order valence-corrected chi connectivity index (χ4v) is 3.72. The molecule has 1 aliphatic rings. The molecule has 0 aliphatic heterocycles. The number of halogens is 4. The van der Waals surface area contributed by atoms with Crippen molar-refractivity contribution in [2.45, 2.75) is 50.9 Å². The highest BCUT2D eigenvalue weighted by atomic mass is 19.4. The van der Waals surface area contributed by atoms with Crippen LogP contribution in [0.3, 0.4) is 0 Å². The maximum absolute atomic E-state index is 14.7. The number of alkyl halides is 3. The molecule has 1 aromatic carbocycles. The Bertz CT molecular complexity index is 1060. The molecule has 0 spiro atoms. The molecule has 0 atom stereocenters. The van der Waals surface area contributed by atoms with Crippen LogP contribution in [0, 0.1) is 5.82 Å². The van der Waals surface area contributed by atoms with Crippen LogP contribution in [-0.4, -0.2) is 40.3 Å². The zero-order valence-electron chi connectivity index (χ0n) is 16.4. The zero-order valence-corrected chi connectivity index (χ0v) is 16.4. The summed E-state index contributed by atoms with van der Waals surface area (Å²) in [6.07, 6.45) is 0.627. The summed E-state index contributed by atoms with van der Waals surface area (Å²) in [7, 11) is 0. The largest absolute Gasteiger partial charge is 0.480 e. The predicted molar refractivity (Wildman–Crippen MR) is 105 cm³/mol. The molecule has 3 rings (SSSR count). The van der Waals surface area contributed by atoms with Gasteiger partial charge in [0.05, 0.1) is 11.2 Å². The molecule has 3 N–H and O–H groups in total. The van der Waals surface area contributed by atoms with Gasteiger partial charge >= 0.3 is 12.1 Å². The monoisotopic (exact) mass is 443 g/mol. The van der Waals surface area contributed by atoms with E-state index in [9.17, 15) is 31.9 Å². The second-order valence-corrected chi connectivity index (χ2v) is 7.52. The summed E-state index contributed by atoms with van der Waals surface area (Å²) in [5.74, 6) is -3.37. The number of benzene rings is 1. The quantitative estimate of drug-likeness (QED) is 0.595. The number of pyridine rings is 1. The van der Waals surface area contributed by atoms with Crippen molar-refractivity contribution < 1.29 is 32.3 Å². The van der Waals surface area contributed by atoms with Crippen molar-refractivity contribution in [3.8, 4) is 0 Å². The molecule has 1 saturated carbocycles. The summed E-state index contributed by atoms with van der Waals surface area (Å²) in [6, 6.07) is 1.93. The van der Waals surface area contributed by atoms with Gasteiger partial charge in [0.25, 0.3) is 5.91 Å². The average Bonchev–Trinajstić information content (AvgIpc) is 2.69. The predicted octanol–water partition coefficient (Wildman–Crippen LogP) is 3.26. The lowest BCUT2D eigenvalue weighted by Gasteiger charge is -2.24. The van der Waals surface area contributed by atoms with Crippen LogP contribution in [0.4, 0.5) is 23.2 Å². The smallest absolute Gasteiger partial charge is 0.406 e. The lowest BCUT2D eigenvalue weighted by molar-refractivity contribution is -0.140. The maximum Gasteiger partial charge on any atom is 0.406 e. The molecule has 1 amide bonds. The zero-order chi connectivity index (χ0) is 22.8. The van der Waals surface area contributed by atoms with Crippen molar-refractivity contribution in [3.63, 3.8) is 0 Å². The van der Waals surface area contributed by atoms with Crippen LogP contribution in [0.15, 0.2) is 23.1 Å². The van der Waals surface area contributed by atoms with Gasteiger partial charge in [0.1, 0.15) is 24.5 Å². The topological polar surface area (TPSA) is 100 Å². The first-order valence-electron chi connectivity index (χ1n) is 9.75. The third-order valence-electron chi connectivity index (χ3n) is 5.13. The molecule has 31 heavy (non-hydrogen) atoms. The highest BCUT2D eigenvalue weighted by Gasteiger charge is 2.30. The van der Waals surface area contributed by atoms with E-state index >= 15 is 0 Å². The Morgan fingerprint density at radius 1 is 1.16 bits per heavy atom. The summed E-state index contributed by atoms with van der Waals surface area (Å²) < 4.78 is 54.8. The van der Waals surface area contributed by atoms with E-state index in [0.29, 0.717) is 4.57 Å². The number of hydrogen-bond donors (Lipinski definition) is 3. The van der Waals surface area contributed by atoms with Crippen molar-refractivity contribution in [2.75, 3.05) is 11.9 Å². The van der Waals surface area contributed by atoms with Crippen LogP contribution in [0.1, 0.15) is 42.5 Å². The number of nitrogens with one attached hydrogen (secondary N) is 2. The van der Waals surface area contributed by atoms with Crippen LogP contribution >= 0.6 is 0 Å². The first-order chi connectivity index (χ1) is 14.5. The molecule has 1 heterocycles. The van der Waals surface area contributed by atoms with Crippen LogP contribution in [0.25, 0.3) is 10.9 Å². The van der Waals surface area contributed by atoms with Gasteiger partial charge in [-0.05, 0) is 25.0 Å². The lowest BCUT2D eigenvalue weighted by atomic mass is 9.95. The van der Waals surface area contributed by atoms with E-state index in [1.54, 1.807) is 0 Å². The number of hydrogen-bond acceptors (Lipinski definition) is 4. The third-order valence-corrected chi connectivity index (χ3v) is 5.13. The molecule has 2 aromatic rings. The highest BCUT2D eigenvalue weighted by molar-refractivity contribution is 5.98. The van der Waals surface area contributed by atoms with E-state index in [2.05, 4.69) is 5.32 Å². The van der Waals surface area contributed by atoms with Gasteiger partial charge < -0.3 is 20.3 Å². The number of aromatic nitrogens is 1. The van der Waals surface area contributed by atoms with E-state index in [1.807, 2.05) is 5.32 Å². The summed E-state index contributed by atoms with van der Waals surface area (Å²) in [5.41, 5.74) is -1.89. The minimum absolute atomic E-state index is 0.0159. The van der Waals surface area contributed by atoms with E-state index in [1.165, 1.54) is 0 Å². The number of anilines is 1. The summed E-state index contributed by atoms with van der Waals surface area (Å²) >= 11 is 0. The van der Waals surface area contributed by atoms with E-state index < -0.39 is 53.3 Å². The van der Waals surface area contributed by atoms with Gasteiger partial charge in [-0.3, -0.25) is 14.4 Å². The molecule has 1 aromatic heterocycles. The second-order valence-electron chi connectivity index (χ2n) is 7.52. The number of carbonyl (C=O) groups is 2. The fraction of sp³-hybridized carbons (Fsp3) is 0.450. The second kappa shape index (κ2) is 8.94. The molecular weight excluding hydrogens is 422 g/mol. The van der Waals surface area contributed by atoms with Crippen LogP contribution in [-0.2, 0) is 11.3 Å². The Morgan fingerprint density at radius 2 is 1.84 bits per heavy atom. The molecule has 0 saturated heterocycles. The lowest BCUT2D eigenvalue weighted by Crippen LogP contribution is -2.34. The van der Waals surface area contributed by atoms with Gasteiger partial charge in [-0.2, -0.15) is 13.2 Å². The van der Waals surface area contributed by atoms with Gasteiger partial charge in [0, 0.05) is 17.6 Å². The molecule has 168 valence electrons. The van der Waals surface area contributed by atoms with Gasteiger partial charge in [-0.1, -0.05) is 19.3 Å². The van der Waals surface area contributed by atoms with Crippen molar-refractivity contribution in [2.24, 2.45) is 0 Å². The number of amides is 1. The summed E-state index contributed by atoms with van der Waals surface area (Å²) in [4.78, 5) is 35.5. The van der Waals surface area contributed by atoms with Crippen molar-refractivity contribution >= 4 is 28.5 Å². The first-order valence-corrected chi connectivity index (χ1v) is 9.75. The number of carboxylic acid groups (broad SMARTS) is 1. The molecule has 0 radical (unpaired) electrons. The van der Waals surface area contributed by atoms with Gasteiger partial charge in [0.15, 0.2) is 0 Å². The normalized spacial score (nSPS) is 15.1. The fourth-order valence-electron chi connectivity index (χ4n) is 3.72. The SMILES string of the molecule is O=C(O)CNC(=O)c1cn(CC(F)(F)F)c2cc(NC3CCCCC3)c(F)cc2c1=O. The van der Waals surface area contributed by atoms with E-state index in [4.69, 9.17) is 5.11 Å².